The molecule has 0 unspecified atom stereocenters. The standard InChI is InChI=1S/C6H10N6O3/c7-11-9-1-4-6(14)5(13)3(2-15-4)10-12-8/h3-6,13-14H,1-2H2/t3-,4+,5-,6-/m1/s1. The van der Waals surface area contributed by atoms with Gasteiger partial charge < -0.3 is 14.9 Å². The van der Waals surface area contributed by atoms with E-state index in [0.717, 1.165) is 0 Å². The van der Waals surface area contributed by atoms with Gasteiger partial charge in [-0.25, -0.2) is 0 Å². The molecule has 0 aromatic rings. The second-order valence-electron chi connectivity index (χ2n) is 3.04. The third-order valence-corrected chi connectivity index (χ3v) is 2.13. The first-order valence-corrected chi connectivity index (χ1v) is 4.23. The number of hydrogen-bond donors (Lipinski definition) is 2. The highest BCUT2D eigenvalue weighted by Crippen LogP contribution is 2.18. The van der Waals surface area contributed by atoms with E-state index < -0.39 is 24.4 Å². The van der Waals surface area contributed by atoms with Crippen LogP contribution in [0.3, 0.4) is 0 Å². The predicted molar refractivity (Wildman–Crippen MR) is 48.7 cm³/mol. The van der Waals surface area contributed by atoms with Crippen molar-refractivity contribution in [1.82, 2.24) is 0 Å². The fourth-order valence-corrected chi connectivity index (χ4v) is 1.31. The maximum Gasteiger partial charge on any atom is 0.107 e. The van der Waals surface area contributed by atoms with Gasteiger partial charge in [0.1, 0.15) is 6.10 Å². The number of ether oxygens (including phenoxy) is 1. The van der Waals surface area contributed by atoms with Crippen molar-refractivity contribution in [1.29, 1.82) is 0 Å². The van der Waals surface area contributed by atoms with Gasteiger partial charge in [0, 0.05) is 9.82 Å². The average Bonchev–Trinajstić information content (AvgIpc) is 2.24. The van der Waals surface area contributed by atoms with E-state index in [9.17, 15) is 10.2 Å². The van der Waals surface area contributed by atoms with Gasteiger partial charge in [-0.05, 0) is 11.1 Å². The van der Waals surface area contributed by atoms with E-state index >= 15 is 0 Å². The second-order valence-corrected chi connectivity index (χ2v) is 3.04. The summed E-state index contributed by atoms with van der Waals surface area (Å²) in [6.45, 7) is -0.0778. The Labute approximate surface area is 84.5 Å². The molecule has 0 bridgehead atoms. The molecule has 0 radical (unpaired) electrons. The fraction of sp³-hybridized carbons (Fsp3) is 1.00. The topological polar surface area (TPSA) is 147 Å². The van der Waals surface area contributed by atoms with Crippen LogP contribution in [0.15, 0.2) is 10.2 Å². The summed E-state index contributed by atoms with van der Waals surface area (Å²) >= 11 is 0. The summed E-state index contributed by atoms with van der Waals surface area (Å²) in [5.41, 5.74) is 16.3. The molecule has 2 N–H and O–H groups in total. The number of rotatable bonds is 3. The smallest absolute Gasteiger partial charge is 0.107 e. The highest BCUT2D eigenvalue weighted by molar-refractivity contribution is 4.91. The Hall–Kier alpha value is -1.50. The highest BCUT2D eigenvalue weighted by atomic mass is 16.5. The molecular weight excluding hydrogens is 204 g/mol. The van der Waals surface area contributed by atoms with Crippen molar-refractivity contribution in [2.45, 2.75) is 24.4 Å². The van der Waals surface area contributed by atoms with E-state index in [2.05, 4.69) is 20.1 Å². The summed E-state index contributed by atoms with van der Waals surface area (Å²) in [5, 5.41) is 25.5. The lowest BCUT2D eigenvalue weighted by molar-refractivity contribution is -0.139. The molecule has 1 fully saturated rings. The monoisotopic (exact) mass is 214 g/mol. The first-order valence-electron chi connectivity index (χ1n) is 4.23. The summed E-state index contributed by atoms with van der Waals surface area (Å²) in [7, 11) is 0. The molecule has 1 aliphatic heterocycles. The molecule has 0 aromatic heterocycles. The van der Waals surface area contributed by atoms with Crippen molar-refractivity contribution < 1.29 is 14.9 Å². The van der Waals surface area contributed by atoms with Crippen LogP contribution in [0.4, 0.5) is 0 Å². The van der Waals surface area contributed by atoms with Gasteiger partial charge in [-0.15, -0.1) is 0 Å². The lowest BCUT2D eigenvalue weighted by Gasteiger charge is -2.34. The van der Waals surface area contributed by atoms with Crippen molar-refractivity contribution in [3.05, 3.63) is 20.9 Å². The number of hydrogen-bond acceptors (Lipinski definition) is 5. The van der Waals surface area contributed by atoms with Gasteiger partial charge in [0.25, 0.3) is 0 Å². The van der Waals surface area contributed by atoms with Gasteiger partial charge >= 0.3 is 0 Å². The number of aliphatic hydroxyl groups is 2. The van der Waals surface area contributed by atoms with Gasteiger partial charge in [-0.3, -0.25) is 0 Å². The minimum absolute atomic E-state index is 0.00605. The molecule has 1 aliphatic rings. The maximum absolute atomic E-state index is 9.52. The zero-order chi connectivity index (χ0) is 11.3. The van der Waals surface area contributed by atoms with Gasteiger partial charge in [0.05, 0.1) is 31.4 Å². The fourth-order valence-electron chi connectivity index (χ4n) is 1.31. The first-order chi connectivity index (χ1) is 7.20. The van der Waals surface area contributed by atoms with Crippen molar-refractivity contribution >= 4 is 0 Å². The summed E-state index contributed by atoms with van der Waals surface area (Å²) in [5.74, 6) is 0. The van der Waals surface area contributed by atoms with E-state index in [-0.39, 0.29) is 13.2 Å². The van der Waals surface area contributed by atoms with Crippen LogP contribution in [0.5, 0.6) is 0 Å². The number of azide groups is 2. The molecule has 82 valence electrons. The Morgan fingerprint density at radius 2 is 2.00 bits per heavy atom. The Morgan fingerprint density at radius 3 is 2.60 bits per heavy atom. The highest BCUT2D eigenvalue weighted by Gasteiger charge is 2.37. The zero-order valence-electron chi connectivity index (χ0n) is 7.71. The average molecular weight is 214 g/mol. The van der Waals surface area contributed by atoms with Gasteiger partial charge in [-0.1, -0.05) is 10.2 Å². The quantitative estimate of drug-likeness (QED) is 0.389. The molecule has 0 saturated carbocycles. The Kier molecular flexibility index (Phi) is 4.17. The maximum atomic E-state index is 9.52. The second kappa shape index (κ2) is 5.40. The van der Waals surface area contributed by atoms with Crippen molar-refractivity contribution in [2.75, 3.05) is 13.2 Å². The molecule has 4 atom stereocenters. The van der Waals surface area contributed by atoms with Crippen LogP contribution in [0.1, 0.15) is 0 Å². The minimum Gasteiger partial charge on any atom is -0.390 e. The Balaban J connectivity index is 2.63. The molecular formula is C6H10N6O3. The third-order valence-electron chi connectivity index (χ3n) is 2.13. The van der Waals surface area contributed by atoms with Crippen LogP contribution in [0.25, 0.3) is 20.9 Å². The summed E-state index contributed by atoms with van der Waals surface area (Å²) in [6.07, 6.45) is -3.19. The van der Waals surface area contributed by atoms with E-state index in [1.54, 1.807) is 0 Å². The van der Waals surface area contributed by atoms with Crippen LogP contribution < -0.4 is 0 Å². The van der Waals surface area contributed by atoms with E-state index in [1.807, 2.05) is 0 Å². The predicted octanol–water partition coefficient (Wildman–Crippen LogP) is 0.0962. The lowest BCUT2D eigenvalue weighted by Crippen LogP contribution is -2.53. The van der Waals surface area contributed by atoms with Crippen LogP contribution in [0, 0.1) is 0 Å². The minimum atomic E-state index is -1.22. The molecule has 0 aromatic carbocycles. The SMILES string of the molecule is [N-]=[N+]=NC[C@@H]1OC[C@@H](N=[N+]=[N-])[C@@H](O)[C@@H]1O. The summed E-state index contributed by atoms with van der Waals surface area (Å²) < 4.78 is 5.09. The van der Waals surface area contributed by atoms with Crippen LogP contribution in [-0.2, 0) is 4.74 Å². The van der Waals surface area contributed by atoms with Crippen molar-refractivity contribution in [2.24, 2.45) is 10.2 Å². The van der Waals surface area contributed by atoms with Crippen LogP contribution in [0.2, 0.25) is 0 Å². The summed E-state index contributed by atoms with van der Waals surface area (Å²) in [6, 6.07) is -0.813. The molecule has 0 aliphatic carbocycles. The molecule has 15 heavy (non-hydrogen) atoms. The zero-order valence-corrected chi connectivity index (χ0v) is 7.71. The first kappa shape index (κ1) is 11.6. The van der Waals surface area contributed by atoms with Crippen molar-refractivity contribution in [3.8, 4) is 0 Å². The molecule has 1 saturated heterocycles. The lowest BCUT2D eigenvalue weighted by atomic mass is 9.99. The summed E-state index contributed by atoms with van der Waals surface area (Å²) in [4.78, 5) is 5.04. The van der Waals surface area contributed by atoms with Crippen molar-refractivity contribution in [3.63, 3.8) is 0 Å². The molecule has 9 heteroatoms. The molecule has 0 spiro atoms. The van der Waals surface area contributed by atoms with E-state index in [0.29, 0.717) is 0 Å². The van der Waals surface area contributed by atoms with Gasteiger partial charge in [0.15, 0.2) is 0 Å². The van der Waals surface area contributed by atoms with Crippen LogP contribution >= 0.6 is 0 Å². The molecule has 9 nitrogen and oxygen atoms in total. The molecule has 0 amide bonds. The largest absolute Gasteiger partial charge is 0.390 e. The third kappa shape index (κ3) is 2.72. The van der Waals surface area contributed by atoms with Gasteiger partial charge in [-0.2, -0.15) is 0 Å². The normalized spacial score (nSPS) is 35.1. The number of nitrogens with zero attached hydrogens (tertiary/aromatic N) is 6. The van der Waals surface area contributed by atoms with E-state index in [4.69, 9.17) is 15.8 Å². The van der Waals surface area contributed by atoms with Crippen LogP contribution in [-0.4, -0.2) is 47.7 Å². The Morgan fingerprint density at radius 1 is 1.27 bits per heavy atom. The van der Waals surface area contributed by atoms with E-state index in [1.165, 1.54) is 0 Å². The molecule has 1 rings (SSSR count). The number of aliphatic hydroxyl groups excluding tert-OH is 2. The van der Waals surface area contributed by atoms with Gasteiger partial charge in [0.2, 0.25) is 0 Å². The Bertz CT molecular complexity index is 308. The molecule has 1 heterocycles.